The molecule has 3 rings (SSSR count). The average molecular weight is 442 g/mol. The zero-order chi connectivity index (χ0) is 23.9. The molecule has 0 unspecified atom stereocenters. The predicted molar refractivity (Wildman–Crippen MR) is 112 cm³/mol. The Morgan fingerprint density at radius 1 is 1.10 bits per heavy atom. The third kappa shape index (κ3) is 5.77. The molecule has 7 nitrogen and oxygen atoms in total. The Balaban J connectivity index is 0.00000113. The number of benzene rings is 1. The molecule has 1 aliphatic heterocycles. The highest BCUT2D eigenvalue weighted by Crippen LogP contribution is 2.37. The van der Waals surface area contributed by atoms with Crippen molar-refractivity contribution in [2.24, 2.45) is 0 Å². The molecule has 0 bridgehead atoms. The van der Waals surface area contributed by atoms with Crippen molar-refractivity contribution >= 4 is 17.7 Å². The van der Waals surface area contributed by atoms with Crippen LogP contribution in [0.25, 0.3) is 0 Å². The number of carbonyl (C=O) groups is 2. The van der Waals surface area contributed by atoms with Gasteiger partial charge in [-0.25, -0.2) is 9.48 Å². The van der Waals surface area contributed by atoms with Crippen LogP contribution >= 0.6 is 0 Å². The summed E-state index contributed by atoms with van der Waals surface area (Å²) < 4.78 is 41.2. The fourth-order valence-corrected chi connectivity index (χ4v) is 3.02. The van der Waals surface area contributed by atoms with Crippen LogP contribution in [0.4, 0.5) is 19.0 Å². The fraction of sp³-hybridized carbons (Fsp3) is 0.476. The van der Waals surface area contributed by atoms with Gasteiger partial charge >= 0.3 is 12.1 Å². The molecule has 2 aromatic rings. The second-order valence-corrected chi connectivity index (χ2v) is 6.31. The minimum absolute atomic E-state index is 0.0766. The number of nitrogens with zero attached hydrogens (tertiary/aromatic N) is 3. The second kappa shape index (κ2) is 10.8. The van der Waals surface area contributed by atoms with Crippen LogP contribution < -0.4 is 10.2 Å². The van der Waals surface area contributed by atoms with E-state index in [1.54, 1.807) is 18.9 Å². The molecular weight excluding hydrogens is 413 g/mol. The lowest BCUT2D eigenvalue weighted by Crippen LogP contribution is -2.30. The van der Waals surface area contributed by atoms with Crippen LogP contribution in [0.3, 0.4) is 0 Å². The number of alkyl halides is 3. The third-order valence-corrected chi connectivity index (χ3v) is 4.44. The van der Waals surface area contributed by atoms with Crippen molar-refractivity contribution in [1.29, 1.82) is 0 Å². The maximum atomic E-state index is 13.3. The van der Waals surface area contributed by atoms with Crippen LogP contribution in [0.15, 0.2) is 24.3 Å². The Labute approximate surface area is 179 Å². The Hall–Kier alpha value is -3.04. The van der Waals surface area contributed by atoms with Gasteiger partial charge in [-0.15, -0.1) is 0 Å². The summed E-state index contributed by atoms with van der Waals surface area (Å²) in [6.45, 7) is 10.3. The molecule has 0 fully saturated rings. The molecule has 2 heterocycles. The van der Waals surface area contributed by atoms with Crippen LogP contribution in [0, 0.1) is 0 Å². The molecule has 1 atom stereocenters. The van der Waals surface area contributed by atoms with E-state index < -0.39 is 35.4 Å². The Morgan fingerprint density at radius 2 is 1.65 bits per heavy atom. The van der Waals surface area contributed by atoms with E-state index in [9.17, 15) is 22.8 Å². The van der Waals surface area contributed by atoms with Crippen LogP contribution in [0.2, 0.25) is 0 Å². The number of carbonyl (C=O) groups excluding carboxylic acids is 1. The first-order valence-corrected chi connectivity index (χ1v) is 10.1. The number of aromatic nitrogens is 2. The van der Waals surface area contributed by atoms with Crippen LogP contribution in [0.5, 0.6) is 0 Å². The summed E-state index contributed by atoms with van der Waals surface area (Å²) in [5.41, 5.74) is -1.07. The quantitative estimate of drug-likeness (QED) is 0.723. The number of hydrogen-bond acceptors (Lipinski definition) is 4. The number of halogens is 3. The highest BCUT2D eigenvalue weighted by atomic mass is 19.4. The fourth-order valence-electron chi connectivity index (χ4n) is 3.02. The van der Waals surface area contributed by atoms with Gasteiger partial charge in [0, 0.05) is 13.6 Å². The molecule has 0 saturated heterocycles. The van der Waals surface area contributed by atoms with Crippen LogP contribution in [-0.2, 0) is 12.7 Å². The Morgan fingerprint density at radius 3 is 2.13 bits per heavy atom. The summed E-state index contributed by atoms with van der Waals surface area (Å²) in [4.78, 5) is 25.1. The summed E-state index contributed by atoms with van der Waals surface area (Å²) in [6, 6.07) is 5.13. The molecule has 1 aliphatic rings. The van der Waals surface area contributed by atoms with Crippen molar-refractivity contribution in [2.45, 2.75) is 53.4 Å². The average Bonchev–Trinajstić information content (AvgIpc) is 3.31. The summed E-state index contributed by atoms with van der Waals surface area (Å²) in [5, 5.41) is 15.0. The first kappa shape index (κ1) is 26.0. The van der Waals surface area contributed by atoms with E-state index in [0.29, 0.717) is 12.1 Å². The van der Waals surface area contributed by atoms with E-state index >= 15 is 0 Å². The number of carboxylic acids is 1. The van der Waals surface area contributed by atoms with Crippen molar-refractivity contribution in [3.63, 3.8) is 0 Å². The van der Waals surface area contributed by atoms with E-state index in [2.05, 4.69) is 10.4 Å². The maximum absolute atomic E-state index is 13.3. The van der Waals surface area contributed by atoms with Gasteiger partial charge in [0.15, 0.2) is 5.69 Å². The van der Waals surface area contributed by atoms with Crippen molar-refractivity contribution in [1.82, 2.24) is 15.1 Å². The molecule has 172 valence electrons. The molecule has 1 aromatic heterocycles. The molecule has 0 aliphatic carbocycles. The summed E-state index contributed by atoms with van der Waals surface area (Å²) in [7, 11) is 1.60. The predicted octanol–water partition coefficient (Wildman–Crippen LogP) is 4.59. The van der Waals surface area contributed by atoms with E-state index in [1.165, 1.54) is 28.9 Å². The van der Waals surface area contributed by atoms with E-state index in [0.717, 1.165) is 0 Å². The number of rotatable bonds is 4. The van der Waals surface area contributed by atoms with Gasteiger partial charge in [0.2, 0.25) is 0 Å². The zero-order valence-electron chi connectivity index (χ0n) is 18.5. The van der Waals surface area contributed by atoms with Gasteiger partial charge in [0.25, 0.3) is 5.91 Å². The van der Waals surface area contributed by atoms with Crippen molar-refractivity contribution < 1.29 is 27.9 Å². The highest BCUT2D eigenvalue weighted by molar-refractivity contribution is 6.01. The van der Waals surface area contributed by atoms with Crippen molar-refractivity contribution in [3.8, 4) is 0 Å². The molecular formula is C21H29F3N4O3. The number of amides is 1. The molecule has 31 heavy (non-hydrogen) atoms. The Kier molecular flexibility index (Phi) is 9.08. The minimum Gasteiger partial charge on any atom is -0.478 e. The van der Waals surface area contributed by atoms with Crippen molar-refractivity contribution in [2.75, 3.05) is 18.5 Å². The maximum Gasteiger partial charge on any atom is 0.436 e. The summed E-state index contributed by atoms with van der Waals surface area (Å²) >= 11 is 0. The number of anilines is 1. The molecule has 0 radical (unpaired) electrons. The molecule has 10 heteroatoms. The lowest BCUT2D eigenvalue weighted by atomic mass is 10.1. The van der Waals surface area contributed by atoms with Crippen LogP contribution in [-0.4, -0.2) is 40.4 Å². The van der Waals surface area contributed by atoms with Gasteiger partial charge in [-0.05, 0) is 24.6 Å². The summed E-state index contributed by atoms with van der Waals surface area (Å²) in [6.07, 6.45) is -4.75. The number of fused-ring (bicyclic) bond motifs is 1. The smallest absolute Gasteiger partial charge is 0.436 e. The topological polar surface area (TPSA) is 87.5 Å². The standard InChI is InChI=1S/C17H17F3N4O3.2C2H6/c1-9(10-3-5-11(6-4-10)16(26)27)21-14(25)12-13(17(18,19)20)22-24-8-7-23(2)15(12)24;2*1-2/h3-6,9H,7-8H2,1-2H3,(H,21,25)(H,26,27);2*1-2H3/t9-;;/m0../s1. The lowest BCUT2D eigenvalue weighted by molar-refractivity contribution is -0.141. The molecule has 2 N–H and O–H groups in total. The largest absolute Gasteiger partial charge is 0.478 e. The molecule has 0 saturated carbocycles. The SMILES string of the molecule is CC.CC.C[C@H](NC(=O)c1c(C(F)(F)F)nn2c1N(C)CC2)c1ccc(C(=O)O)cc1. The number of nitrogens with one attached hydrogen (secondary N) is 1. The molecule has 1 amide bonds. The van der Waals surface area contributed by atoms with Gasteiger partial charge in [0.1, 0.15) is 11.4 Å². The molecule has 0 spiro atoms. The first-order chi connectivity index (χ1) is 14.6. The number of aromatic carboxylic acids is 1. The first-order valence-electron chi connectivity index (χ1n) is 10.1. The number of hydrogen-bond donors (Lipinski definition) is 2. The highest BCUT2D eigenvalue weighted by Gasteiger charge is 2.43. The molecule has 1 aromatic carbocycles. The zero-order valence-corrected chi connectivity index (χ0v) is 18.5. The van der Waals surface area contributed by atoms with E-state index in [-0.39, 0.29) is 17.9 Å². The van der Waals surface area contributed by atoms with Gasteiger partial charge in [0.05, 0.1) is 18.2 Å². The minimum atomic E-state index is -4.75. The third-order valence-electron chi connectivity index (χ3n) is 4.44. The van der Waals surface area contributed by atoms with Crippen LogP contribution in [0.1, 0.15) is 72.6 Å². The second-order valence-electron chi connectivity index (χ2n) is 6.31. The number of carboxylic acid groups (broad SMARTS) is 1. The van der Waals surface area contributed by atoms with E-state index in [1.807, 2.05) is 27.7 Å². The normalized spacial score (nSPS) is 13.3. The van der Waals surface area contributed by atoms with Gasteiger partial charge in [-0.1, -0.05) is 39.8 Å². The van der Waals surface area contributed by atoms with Gasteiger partial charge in [-0.3, -0.25) is 4.79 Å². The van der Waals surface area contributed by atoms with Gasteiger partial charge < -0.3 is 15.3 Å². The number of likely N-dealkylation sites (N-methyl/N-ethyl adjacent to an activating group) is 1. The van der Waals surface area contributed by atoms with Gasteiger partial charge in [-0.2, -0.15) is 18.3 Å². The monoisotopic (exact) mass is 442 g/mol. The van der Waals surface area contributed by atoms with E-state index in [4.69, 9.17) is 5.11 Å². The Bertz CT molecular complexity index is 893. The van der Waals surface area contributed by atoms with Crippen molar-refractivity contribution in [3.05, 3.63) is 46.6 Å². The lowest BCUT2D eigenvalue weighted by Gasteiger charge is -2.17. The summed E-state index contributed by atoms with van der Waals surface area (Å²) in [5.74, 6) is -1.84.